The van der Waals surface area contributed by atoms with Crippen molar-refractivity contribution in [2.45, 2.75) is 12.5 Å². The lowest BCUT2D eigenvalue weighted by atomic mass is 10.2. The zero-order chi connectivity index (χ0) is 12.3. The Morgan fingerprint density at radius 3 is 3.06 bits per heavy atom. The van der Waals surface area contributed by atoms with E-state index in [0.717, 1.165) is 0 Å². The number of hydrogen-bond donors (Lipinski definition) is 1. The topological polar surface area (TPSA) is 49.8 Å². The molecule has 0 spiro atoms. The third kappa shape index (κ3) is 2.81. The average Bonchev–Trinajstić information content (AvgIpc) is 2.32. The summed E-state index contributed by atoms with van der Waals surface area (Å²) in [5, 5.41) is 8.84. The fourth-order valence-corrected chi connectivity index (χ4v) is 1.84. The Hall–Kier alpha value is -1.46. The lowest BCUT2D eigenvalue weighted by molar-refractivity contribution is -0.129. The molecule has 0 radical (unpaired) electrons. The summed E-state index contributed by atoms with van der Waals surface area (Å²) in [4.78, 5) is 13.2. The van der Waals surface area contributed by atoms with E-state index in [4.69, 9.17) is 9.84 Å². The molecule has 1 aromatic carbocycles. The number of amides is 1. The SMILES string of the molecule is O=C1COC(CCO)CN1c1cccc(F)c1. The summed E-state index contributed by atoms with van der Waals surface area (Å²) in [6.45, 7) is 0.333. The molecule has 1 N–H and O–H groups in total. The van der Waals surface area contributed by atoms with Gasteiger partial charge in [-0.3, -0.25) is 4.79 Å². The molecule has 4 nitrogen and oxygen atoms in total. The molecule has 5 heteroatoms. The number of rotatable bonds is 3. The van der Waals surface area contributed by atoms with Crippen LogP contribution in [0.2, 0.25) is 0 Å². The lowest BCUT2D eigenvalue weighted by Crippen LogP contribution is -2.47. The van der Waals surface area contributed by atoms with Gasteiger partial charge in [0.2, 0.25) is 0 Å². The van der Waals surface area contributed by atoms with Gasteiger partial charge in [-0.25, -0.2) is 4.39 Å². The minimum absolute atomic E-state index is 0.00977. The first-order valence-corrected chi connectivity index (χ1v) is 5.49. The highest BCUT2D eigenvalue weighted by Crippen LogP contribution is 2.20. The molecule has 1 aliphatic rings. The van der Waals surface area contributed by atoms with Crippen molar-refractivity contribution in [3.63, 3.8) is 0 Å². The number of hydrogen-bond acceptors (Lipinski definition) is 3. The Morgan fingerprint density at radius 1 is 1.53 bits per heavy atom. The lowest BCUT2D eigenvalue weighted by Gasteiger charge is -2.32. The number of aliphatic hydroxyl groups excluding tert-OH is 1. The molecule has 92 valence electrons. The fraction of sp³-hybridized carbons (Fsp3) is 0.417. The summed E-state index contributed by atoms with van der Waals surface area (Å²) >= 11 is 0. The van der Waals surface area contributed by atoms with Gasteiger partial charge in [-0.1, -0.05) is 6.07 Å². The highest BCUT2D eigenvalue weighted by molar-refractivity contribution is 5.94. The molecule has 1 atom stereocenters. The maximum Gasteiger partial charge on any atom is 0.253 e. The Kier molecular flexibility index (Phi) is 3.71. The maximum atomic E-state index is 13.1. The summed E-state index contributed by atoms with van der Waals surface area (Å²) in [5.41, 5.74) is 0.529. The van der Waals surface area contributed by atoms with Gasteiger partial charge in [0.15, 0.2) is 0 Å². The molecule has 0 saturated carbocycles. The van der Waals surface area contributed by atoms with E-state index in [1.54, 1.807) is 12.1 Å². The number of aliphatic hydroxyl groups is 1. The van der Waals surface area contributed by atoms with Crippen molar-refractivity contribution in [1.82, 2.24) is 0 Å². The Bertz CT molecular complexity index is 410. The highest BCUT2D eigenvalue weighted by atomic mass is 19.1. The summed E-state index contributed by atoms with van der Waals surface area (Å²) in [6, 6.07) is 5.90. The molecule has 2 rings (SSSR count). The van der Waals surface area contributed by atoms with Crippen LogP contribution >= 0.6 is 0 Å². The van der Waals surface area contributed by atoms with Crippen LogP contribution in [0.4, 0.5) is 10.1 Å². The van der Waals surface area contributed by atoms with Gasteiger partial charge in [0, 0.05) is 12.3 Å². The van der Waals surface area contributed by atoms with Crippen molar-refractivity contribution in [3.8, 4) is 0 Å². The van der Waals surface area contributed by atoms with Gasteiger partial charge in [0.05, 0.1) is 12.6 Å². The molecular formula is C12H14FNO3. The minimum atomic E-state index is -0.375. The summed E-state index contributed by atoms with van der Waals surface area (Å²) in [5.74, 6) is -0.565. The second-order valence-electron chi connectivity index (χ2n) is 3.93. The molecule has 1 heterocycles. The number of benzene rings is 1. The smallest absolute Gasteiger partial charge is 0.253 e. The van der Waals surface area contributed by atoms with E-state index in [-0.39, 0.29) is 31.0 Å². The first kappa shape index (κ1) is 12.0. The van der Waals surface area contributed by atoms with Crippen molar-refractivity contribution in [2.24, 2.45) is 0 Å². The maximum absolute atomic E-state index is 13.1. The quantitative estimate of drug-likeness (QED) is 0.854. The van der Waals surface area contributed by atoms with E-state index in [1.807, 2.05) is 0 Å². The fourth-order valence-electron chi connectivity index (χ4n) is 1.84. The molecule has 1 fully saturated rings. The Balaban J connectivity index is 2.15. The van der Waals surface area contributed by atoms with Gasteiger partial charge < -0.3 is 14.7 Å². The monoisotopic (exact) mass is 239 g/mol. The van der Waals surface area contributed by atoms with Crippen molar-refractivity contribution < 1.29 is 19.0 Å². The van der Waals surface area contributed by atoms with Gasteiger partial charge in [-0.15, -0.1) is 0 Å². The third-order valence-electron chi connectivity index (χ3n) is 2.70. The average molecular weight is 239 g/mol. The predicted molar refractivity (Wildman–Crippen MR) is 60.2 cm³/mol. The third-order valence-corrected chi connectivity index (χ3v) is 2.70. The van der Waals surface area contributed by atoms with E-state index >= 15 is 0 Å². The van der Waals surface area contributed by atoms with Gasteiger partial charge in [-0.05, 0) is 24.6 Å². The predicted octanol–water partition coefficient (Wildman–Crippen LogP) is 0.940. The van der Waals surface area contributed by atoms with Crippen LogP contribution < -0.4 is 4.90 Å². The van der Waals surface area contributed by atoms with Crippen LogP contribution in [0.1, 0.15) is 6.42 Å². The van der Waals surface area contributed by atoms with E-state index in [1.165, 1.54) is 17.0 Å². The number of morpholine rings is 1. The molecule has 17 heavy (non-hydrogen) atoms. The molecular weight excluding hydrogens is 225 g/mol. The van der Waals surface area contributed by atoms with Crippen molar-refractivity contribution in [2.75, 3.05) is 24.7 Å². The summed E-state index contributed by atoms with van der Waals surface area (Å²) in [6.07, 6.45) is 0.278. The number of halogens is 1. The molecule has 0 aliphatic carbocycles. The van der Waals surface area contributed by atoms with E-state index in [9.17, 15) is 9.18 Å². The van der Waals surface area contributed by atoms with Crippen LogP contribution in [0.5, 0.6) is 0 Å². The summed E-state index contributed by atoms with van der Waals surface area (Å²) in [7, 11) is 0. The normalized spacial score (nSPS) is 20.7. The molecule has 1 amide bonds. The van der Waals surface area contributed by atoms with Crippen LogP contribution in [-0.2, 0) is 9.53 Å². The van der Waals surface area contributed by atoms with Crippen LogP contribution in [0, 0.1) is 5.82 Å². The molecule has 0 bridgehead atoms. The number of carbonyl (C=O) groups is 1. The van der Waals surface area contributed by atoms with Crippen LogP contribution in [0.15, 0.2) is 24.3 Å². The van der Waals surface area contributed by atoms with E-state index in [2.05, 4.69) is 0 Å². The standard InChI is InChI=1S/C12H14FNO3/c13-9-2-1-3-10(6-9)14-7-11(4-5-15)17-8-12(14)16/h1-3,6,11,15H,4-5,7-8H2. The zero-order valence-electron chi connectivity index (χ0n) is 9.30. The number of anilines is 1. The first-order valence-electron chi connectivity index (χ1n) is 5.49. The van der Waals surface area contributed by atoms with Gasteiger partial charge in [0.25, 0.3) is 5.91 Å². The molecule has 0 aromatic heterocycles. The van der Waals surface area contributed by atoms with Gasteiger partial charge >= 0.3 is 0 Å². The number of nitrogens with zero attached hydrogens (tertiary/aromatic N) is 1. The van der Waals surface area contributed by atoms with Crippen LogP contribution in [0.3, 0.4) is 0 Å². The van der Waals surface area contributed by atoms with E-state index < -0.39 is 0 Å². The Labute approximate surface area is 98.6 Å². The van der Waals surface area contributed by atoms with Crippen LogP contribution in [-0.4, -0.2) is 36.9 Å². The summed E-state index contributed by atoms with van der Waals surface area (Å²) < 4.78 is 18.4. The minimum Gasteiger partial charge on any atom is -0.396 e. The van der Waals surface area contributed by atoms with Gasteiger partial charge in [-0.2, -0.15) is 0 Å². The number of ether oxygens (including phenoxy) is 1. The van der Waals surface area contributed by atoms with Crippen molar-refractivity contribution >= 4 is 11.6 Å². The second kappa shape index (κ2) is 5.25. The molecule has 1 aliphatic heterocycles. The van der Waals surface area contributed by atoms with Crippen LogP contribution in [0.25, 0.3) is 0 Å². The molecule has 1 unspecified atom stereocenters. The zero-order valence-corrected chi connectivity index (χ0v) is 9.30. The largest absolute Gasteiger partial charge is 0.396 e. The van der Waals surface area contributed by atoms with Gasteiger partial charge in [0.1, 0.15) is 12.4 Å². The first-order chi connectivity index (χ1) is 8.20. The highest BCUT2D eigenvalue weighted by Gasteiger charge is 2.27. The molecule has 1 saturated heterocycles. The van der Waals surface area contributed by atoms with Crippen molar-refractivity contribution in [3.05, 3.63) is 30.1 Å². The number of carbonyl (C=O) groups excluding carboxylic acids is 1. The molecule has 1 aromatic rings. The van der Waals surface area contributed by atoms with Crippen molar-refractivity contribution in [1.29, 1.82) is 0 Å². The van der Waals surface area contributed by atoms with E-state index in [0.29, 0.717) is 18.7 Å². The second-order valence-corrected chi connectivity index (χ2v) is 3.93. The Morgan fingerprint density at radius 2 is 2.35 bits per heavy atom.